The smallest absolute Gasteiger partial charge is 0.315 e. The van der Waals surface area contributed by atoms with E-state index in [9.17, 15) is 9.59 Å². The van der Waals surface area contributed by atoms with Gasteiger partial charge < -0.3 is 25.6 Å². The van der Waals surface area contributed by atoms with Crippen LogP contribution in [0.25, 0.3) is 0 Å². The molecule has 1 atom stereocenters. The first-order valence-corrected chi connectivity index (χ1v) is 10.2. The molecule has 0 aliphatic heterocycles. The summed E-state index contributed by atoms with van der Waals surface area (Å²) in [5.41, 5.74) is 2.56. The average molecular weight is 414 g/mol. The van der Waals surface area contributed by atoms with Crippen molar-refractivity contribution in [1.82, 2.24) is 16.0 Å². The molecule has 2 rings (SSSR count). The Labute approximate surface area is 178 Å². The van der Waals surface area contributed by atoms with Crippen LogP contribution < -0.4 is 25.6 Å². The Hall–Kier alpha value is -3.06. The molecule has 3 amide bonds. The second-order valence-electron chi connectivity index (χ2n) is 7.76. The number of rotatable bonds is 9. The summed E-state index contributed by atoms with van der Waals surface area (Å²) < 4.78 is 5.48. The van der Waals surface area contributed by atoms with Gasteiger partial charge in [0.15, 0.2) is 0 Å². The molecule has 7 nitrogen and oxygen atoms in total. The number of methoxy groups -OCH3 is 1. The van der Waals surface area contributed by atoms with Crippen molar-refractivity contribution in [3.63, 3.8) is 0 Å². The summed E-state index contributed by atoms with van der Waals surface area (Å²) >= 11 is 0. The lowest BCUT2D eigenvalue weighted by molar-refractivity contribution is -0.890. The summed E-state index contributed by atoms with van der Waals surface area (Å²) in [6.07, 6.45) is 0. The molecule has 7 heteroatoms. The van der Waals surface area contributed by atoms with Crippen LogP contribution in [0.3, 0.4) is 0 Å². The number of nitrogens with one attached hydrogen (secondary N) is 4. The average Bonchev–Trinajstić information content (AvgIpc) is 2.72. The molecule has 2 aromatic carbocycles. The first-order chi connectivity index (χ1) is 14.3. The van der Waals surface area contributed by atoms with E-state index in [4.69, 9.17) is 4.74 Å². The fourth-order valence-electron chi connectivity index (χ4n) is 3.15. The molecule has 0 aliphatic rings. The van der Waals surface area contributed by atoms with E-state index in [-0.39, 0.29) is 24.0 Å². The number of urea groups is 1. The predicted octanol–water partition coefficient (Wildman–Crippen LogP) is 1.52. The monoisotopic (exact) mass is 413 g/mol. The van der Waals surface area contributed by atoms with Crippen LogP contribution in [0, 0.1) is 0 Å². The largest absolute Gasteiger partial charge is 0.496 e. The molecule has 0 aromatic heterocycles. The summed E-state index contributed by atoms with van der Waals surface area (Å²) in [6, 6.07) is 15.0. The Bertz CT molecular complexity index is 835. The summed E-state index contributed by atoms with van der Waals surface area (Å²) in [4.78, 5) is 25.5. The highest BCUT2D eigenvalue weighted by Crippen LogP contribution is 2.22. The number of hydrogen-bond donors (Lipinski definition) is 4. The molecule has 0 saturated heterocycles. The maximum atomic E-state index is 12.6. The molecule has 30 heavy (non-hydrogen) atoms. The quantitative estimate of drug-likeness (QED) is 0.503. The number of ether oxygens (including phenoxy) is 1. The molecule has 2 aromatic rings. The zero-order chi connectivity index (χ0) is 22.1. The van der Waals surface area contributed by atoms with Crippen molar-refractivity contribution in [3.05, 3.63) is 65.2 Å². The number of hydrogen-bond acceptors (Lipinski definition) is 3. The van der Waals surface area contributed by atoms with Gasteiger partial charge in [-0.05, 0) is 43.7 Å². The van der Waals surface area contributed by atoms with Gasteiger partial charge in [-0.25, -0.2) is 4.79 Å². The molecule has 0 spiro atoms. The van der Waals surface area contributed by atoms with Crippen LogP contribution >= 0.6 is 0 Å². The zero-order valence-corrected chi connectivity index (χ0v) is 18.4. The van der Waals surface area contributed by atoms with E-state index < -0.39 is 0 Å². The normalized spacial score (nSPS) is 11.8. The maximum absolute atomic E-state index is 12.6. The third-order valence-electron chi connectivity index (χ3n) is 4.77. The van der Waals surface area contributed by atoms with Crippen LogP contribution in [0.15, 0.2) is 48.5 Å². The van der Waals surface area contributed by atoms with Gasteiger partial charge in [-0.2, -0.15) is 0 Å². The van der Waals surface area contributed by atoms with Gasteiger partial charge in [-0.1, -0.05) is 24.3 Å². The van der Waals surface area contributed by atoms with Crippen LogP contribution in [-0.4, -0.2) is 45.7 Å². The number of benzene rings is 2. The lowest BCUT2D eigenvalue weighted by atomic mass is 10.0. The molecule has 162 valence electrons. The van der Waals surface area contributed by atoms with Crippen LogP contribution in [-0.2, 0) is 6.54 Å². The van der Waals surface area contributed by atoms with E-state index in [0.717, 1.165) is 16.9 Å². The fourth-order valence-corrected chi connectivity index (χ4v) is 3.15. The Morgan fingerprint density at radius 2 is 1.67 bits per heavy atom. The van der Waals surface area contributed by atoms with Gasteiger partial charge in [0.05, 0.1) is 33.3 Å². The Morgan fingerprint density at radius 1 is 1.00 bits per heavy atom. The molecule has 0 unspecified atom stereocenters. The molecule has 0 bridgehead atoms. The van der Waals surface area contributed by atoms with Gasteiger partial charge in [0.1, 0.15) is 11.8 Å². The highest BCUT2D eigenvalue weighted by atomic mass is 16.5. The van der Waals surface area contributed by atoms with E-state index in [0.29, 0.717) is 18.7 Å². The second-order valence-corrected chi connectivity index (χ2v) is 7.76. The van der Waals surface area contributed by atoms with Gasteiger partial charge in [0, 0.05) is 18.2 Å². The summed E-state index contributed by atoms with van der Waals surface area (Å²) in [6.45, 7) is 4.70. The topological polar surface area (TPSA) is 83.9 Å². The van der Waals surface area contributed by atoms with Gasteiger partial charge in [-0.3, -0.25) is 4.79 Å². The van der Waals surface area contributed by atoms with E-state index in [1.54, 1.807) is 19.2 Å². The van der Waals surface area contributed by atoms with Crippen molar-refractivity contribution in [3.8, 4) is 5.75 Å². The lowest BCUT2D eigenvalue weighted by Gasteiger charge is -2.23. The molecular formula is C23H33N4O3+. The molecule has 0 aliphatic carbocycles. The van der Waals surface area contributed by atoms with E-state index in [1.165, 1.54) is 4.90 Å². The minimum Gasteiger partial charge on any atom is -0.496 e. The second kappa shape index (κ2) is 11.2. The zero-order valence-electron chi connectivity index (χ0n) is 18.4. The minimum atomic E-state index is -0.208. The van der Waals surface area contributed by atoms with Gasteiger partial charge in [-0.15, -0.1) is 0 Å². The Morgan fingerprint density at radius 3 is 2.27 bits per heavy atom. The molecule has 0 saturated carbocycles. The number of carbonyl (C=O) groups excluding carboxylic acids is 2. The maximum Gasteiger partial charge on any atom is 0.315 e. The Kier molecular flexibility index (Phi) is 8.68. The van der Waals surface area contributed by atoms with Gasteiger partial charge in [0.25, 0.3) is 5.91 Å². The van der Waals surface area contributed by atoms with Gasteiger partial charge >= 0.3 is 6.03 Å². The number of carbonyl (C=O) groups is 2. The van der Waals surface area contributed by atoms with Crippen LogP contribution in [0.5, 0.6) is 5.75 Å². The highest BCUT2D eigenvalue weighted by molar-refractivity contribution is 5.94. The van der Waals surface area contributed by atoms with Crippen molar-refractivity contribution >= 4 is 11.9 Å². The van der Waals surface area contributed by atoms with Gasteiger partial charge in [0.2, 0.25) is 0 Å². The fraction of sp³-hybridized carbons (Fsp3) is 0.391. The van der Waals surface area contributed by atoms with Crippen molar-refractivity contribution in [2.75, 3.05) is 27.7 Å². The number of likely N-dealkylation sites (N-methyl/N-ethyl adjacent to an activating group) is 1. The van der Waals surface area contributed by atoms with Crippen molar-refractivity contribution in [2.24, 2.45) is 0 Å². The summed E-state index contributed by atoms with van der Waals surface area (Å²) in [5.74, 6) is 0.685. The molecule has 0 heterocycles. The number of amides is 3. The van der Waals surface area contributed by atoms with Crippen molar-refractivity contribution < 1.29 is 19.2 Å². The Balaban J connectivity index is 1.95. The molecular weight excluding hydrogens is 380 g/mol. The lowest BCUT2D eigenvalue weighted by Crippen LogP contribution is -3.07. The van der Waals surface area contributed by atoms with E-state index in [1.807, 2.05) is 50.2 Å². The standard InChI is InChI=1S/C23H32N4O3/c1-16(2)26-23(29)25-14-17-10-12-18(13-11-17)22(28)24-15-20(27(3)4)19-8-6-7-9-21(19)30-5/h6-13,16,20H,14-15H2,1-5H3,(H,24,28)(H2,25,26,29)/p+1/t20-/m0/s1. The molecule has 0 radical (unpaired) electrons. The summed E-state index contributed by atoms with van der Waals surface area (Å²) in [5, 5.41) is 8.60. The third-order valence-corrected chi connectivity index (χ3v) is 4.77. The van der Waals surface area contributed by atoms with Crippen molar-refractivity contribution in [1.29, 1.82) is 0 Å². The summed E-state index contributed by atoms with van der Waals surface area (Å²) in [7, 11) is 5.77. The third kappa shape index (κ3) is 6.77. The van der Waals surface area contributed by atoms with Crippen LogP contribution in [0.1, 0.15) is 41.4 Å². The minimum absolute atomic E-state index is 0.0630. The SMILES string of the molecule is COc1ccccc1[C@H](CNC(=O)c1ccc(CNC(=O)NC(C)C)cc1)[NH+](C)C. The number of para-hydroxylation sites is 1. The van der Waals surface area contributed by atoms with Crippen LogP contribution in [0.2, 0.25) is 0 Å². The molecule has 4 N–H and O–H groups in total. The van der Waals surface area contributed by atoms with E-state index >= 15 is 0 Å². The highest BCUT2D eigenvalue weighted by Gasteiger charge is 2.22. The predicted molar refractivity (Wildman–Crippen MR) is 118 cm³/mol. The van der Waals surface area contributed by atoms with Crippen LogP contribution in [0.4, 0.5) is 4.79 Å². The number of quaternary nitrogens is 1. The van der Waals surface area contributed by atoms with E-state index in [2.05, 4.69) is 30.0 Å². The molecule has 0 fully saturated rings. The first kappa shape index (κ1) is 23.2. The first-order valence-electron chi connectivity index (χ1n) is 10.2. The van der Waals surface area contributed by atoms with Crippen molar-refractivity contribution in [2.45, 2.75) is 32.5 Å².